The standard InChI is InChI=1S/C12H21N3.HI/c1-15-8-7-13-11(15)14-9-12(5-2-6-12)10-3-4-10;/h10H,2-9H2,1H3,(H,13,14);1H. The van der Waals surface area contributed by atoms with Crippen molar-refractivity contribution >= 4 is 29.9 Å². The van der Waals surface area contributed by atoms with E-state index in [0.717, 1.165) is 25.0 Å². The highest BCUT2D eigenvalue weighted by molar-refractivity contribution is 14.0. The Balaban J connectivity index is 0.000000963. The molecule has 1 N–H and O–H groups in total. The van der Waals surface area contributed by atoms with Crippen LogP contribution in [0.5, 0.6) is 0 Å². The summed E-state index contributed by atoms with van der Waals surface area (Å²) in [6.07, 6.45) is 7.29. The summed E-state index contributed by atoms with van der Waals surface area (Å²) in [6, 6.07) is 0. The van der Waals surface area contributed by atoms with Crippen LogP contribution in [0.3, 0.4) is 0 Å². The maximum absolute atomic E-state index is 4.49. The molecule has 3 rings (SSSR count). The van der Waals surface area contributed by atoms with Gasteiger partial charge in [-0.15, -0.1) is 24.0 Å². The molecular weight excluding hydrogens is 313 g/mol. The van der Waals surface area contributed by atoms with Crippen LogP contribution in [-0.2, 0) is 0 Å². The van der Waals surface area contributed by atoms with Crippen LogP contribution in [0.2, 0.25) is 0 Å². The predicted octanol–water partition coefficient (Wildman–Crippen LogP) is 2.08. The van der Waals surface area contributed by atoms with Gasteiger partial charge in [0.25, 0.3) is 0 Å². The first-order valence-corrected chi connectivity index (χ1v) is 6.30. The van der Waals surface area contributed by atoms with Gasteiger partial charge >= 0.3 is 0 Å². The van der Waals surface area contributed by atoms with Crippen molar-refractivity contribution in [2.24, 2.45) is 16.3 Å². The molecular formula is C12H22IN3. The van der Waals surface area contributed by atoms with E-state index in [1.165, 1.54) is 38.6 Å². The minimum atomic E-state index is 0. The number of aliphatic imine (C=N–C) groups is 1. The zero-order valence-corrected chi connectivity index (χ0v) is 12.4. The molecule has 0 atom stereocenters. The van der Waals surface area contributed by atoms with E-state index >= 15 is 0 Å². The third kappa shape index (κ3) is 2.17. The van der Waals surface area contributed by atoms with Crippen LogP contribution in [0.4, 0.5) is 0 Å². The second kappa shape index (κ2) is 4.70. The summed E-state index contributed by atoms with van der Waals surface area (Å²) in [4.78, 5) is 6.72. The molecule has 1 aliphatic heterocycles. The molecule has 2 fully saturated rings. The van der Waals surface area contributed by atoms with Crippen molar-refractivity contribution in [3.05, 3.63) is 0 Å². The van der Waals surface area contributed by atoms with E-state index < -0.39 is 0 Å². The van der Waals surface area contributed by atoms with E-state index in [1.807, 2.05) is 0 Å². The van der Waals surface area contributed by atoms with Crippen molar-refractivity contribution in [1.29, 1.82) is 0 Å². The van der Waals surface area contributed by atoms with Gasteiger partial charge in [0, 0.05) is 20.1 Å². The molecule has 2 aliphatic carbocycles. The van der Waals surface area contributed by atoms with Gasteiger partial charge in [0.1, 0.15) is 0 Å². The monoisotopic (exact) mass is 335 g/mol. The average Bonchev–Trinajstić information content (AvgIpc) is 2.91. The van der Waals surface area contributed by atoms with Crippen LogP contribution in [0.15, 0.2) is 4.99 Å². The lowest BCUT2D eigenvalue weighted by Gasteiger charge is -2.43. The van der Waals surface area contributed by atoms with Gasteiger partial charge in [-0.25, -0.2) is 0 Å². The lowest BCUT2D eigenvalue weighted by atomic mass is 9.65. The molecule has 0 aromatic heterocycles. The van der Waals surface area contributed by atoms with E-state index in [4.69, 9.17) is 0 Å². The Morgan fingerprint density at radius 1 is 1.44 bits per heavy atom. The van der Waals surface area contributed by atoms with Gasteiger partial charge in [-0.05, 0) is 37.0 Å². The minimum Gasteiger partial charge on any atom is -0.356 e. The topological polar surface area (TPSA) is 27.6 Å². The highest BCUT2D eigenvalue weighted by Crippen LogP contribution is 2.56. The molecule has 0 aromatic rings. The van der Waals surface area contributed by atoms with Crippen molar-refractivity contribution in [2.45, 2.75) is 32.1 Å². The molecule has 0 amide bonds. The van der Waals surface area contributed by atoms with Crippen LogP contribution in [0.1, 0.15) is 32.1 Å². The van der Waals surface area contributed by atoms with Gasteiger partial charge in [0.15, 0.2) is 5.96 Å². The SMILES string of the molecule is CN1CCN=C1NCC1(C2CC2)CCC1.I. The van der Waals surface area contributed by atoms with Crippen LogP contribution < -0.4 is 5.32 Å². The summed E-state index contributed by atoms with van der Waals surface area (Å²) in [5, 5.41) is 3.57. The molecule has 0 aromatic carbocycles. The lowest BCUT2D eigenvalue weighted by Crippen LogP contribution is -2.46. The molecule has 1 heterocycles. The molecule has 3 aliphatic rings. The van der Waals surface area contributed by atoms with Crippen LogP contribution >= 0.6 is 24.0 Å². The first-order chi connectivity index (χ1) is 7.30. The highest BCUT2D eigenvalue weighted by atomic mass is 127. The van der Waals surface area contributed by atoms with E-state index in [9.17, 15) is 0 Å². The number of nitrogens with zero attached hydrogens (tertiary/aromatic N) is 2. The number of likely N-dealkylation sites (N-methyl/N-ethyl adjacent to an activating group) is 1. The van der Waals surface area contributed by atoms with E-state index in [2.05, 4.69) is 22.3 Å². The summed E-state index contributed by atoms with van der Waals surface area (Å²) in [6.45, 7) is 3.22. The van der Waals surface area contributed by atoms with Gasteiger partial charge in [0.2, 0.25) is 0 Å². The zero-order chi connectivity index (χ0) is 10.3. The number of guanidine groups is 1. The first-order valence-electron chi connectivity index (χ1n) is 6.30. The zero-order valence-electron chi connectivity index (χ0n) is 10.0. The Morgan fingerprint density at radius 2 is 2.19 bits per heavy atom. The van der Waals surface area contributed by atoms with Gasteiger partial charge in [-0.2, -0.15) is 0 Å². The van der Waals surface area contributed by atoms with Crippen LogP contribution in [-0.4, -0.2) is 37.5 Å². The maximum atomic E-state index is 4.49. The Bertz CT molecular complexity index is 282. The molecule has 92 valence electrons. The van der Waals surface area contributed by atoms with Crippen LogP contribution in [0, 0.1) is 11.3 Å². The highest BCUT2D eigenvalue weighted by Gasteiger charge is 2.48. The van der Waals surface area contributed by atoms with Crippen molar-refractivity contribution in [3.63, 3.8) is 0 Å². The second-order valence-electron chi connectivity index (χ2n) is 5.47. The Hall–Kier alpha value is 0. The van der Waals surface area contributed by atoms with E-state index in [-0.39, 0.29) is 24.0 Å². The average molecular weight is 335 g/mol. The van der Waals surface area contributed by atoms with Crippen molar-refractivity contribution < 1.29 is 0 Å². The fourth-order valence-electron chi connectivity index (χ4n) is 3.03. The molecule has 0 unspecified atom stereocenters. The summed E-state index contributed by atoms with van der Waals surface area (Å²) >= 11 is 0. The molecule has 2 saturated carbocycles. The normalized spacial score (nSPS) is 26.8. The third-order valence-electron chi connectivity index (χ3n) is 4.45. The Labute approximate surface area is 115 Å². The van der Waals surface area contributed by atoms with Gasteiger partial charge in [-0.3, -0.25) is 4.99 Å². The van der Waals surface area contributed by atoms with Crippen molar-refractivity contribution in [3.8, 4) is 0 Å². The maximum Gasteiger partial charge on any atom is 0.193 e. The first kappa shape index (κ1) is 12.5. The molecule has 0 radical (unpaired) electrons. The van der Waals surface area contributed by atoms with Crippen LogP contribution in [0.25, 0.3) is 0 Å². The molecule has 0 spiro atoms. The molecule has 16 heavy (non-hydrogen) atoms. The fraction of sp³-hybridized carbons (Fsp3) is 0.917. The fourth-order valence-corrected chi connectivity index (χ4v) is 3.03. The molecule has 3 nitrogen and oxygen atoms in total. The number of halogens is 1. The quantitative estimate of drug-likeness (QED) is 0.800. The summed E-state index contributed by atoms with van der Waals surface area (Å²) in [5.74, 6) is 2.16. The lowest BCUT2D eigenvalue weighted by molar-refractivity contribution is 0.105. The number of hydrogen-bond acceptors (Lipinski definition) is 3. The van der Waals surface area contributed by atoms with Gasteiger partial charge in [0.05, 0.1) is 6.54 Å². The van der Waals surface area contributed by atoms with Gasteiger partial charge in [-0.1, -0.05) is 6.42 Å². The Morgan fingerprint density at radius 3 is 2.62 bits per heavy atom. The minimum absolute atomic E-state index is 0. The van der Waals surface area contributed by atoms with E-state index in [0.29, 0.717) is 5.41 Å². The Kier molecular flexibility index (Phi) is 3.66. The second-order valence-corrected chi connectivity index (χ2v) is 5.47. The summed E-state index contributed by atoms with van der Waals surface area (Å²) in [5.41, 5.74) is 0.659. The van der Waals surface area contributed by atoms with E-state index in [1.54, 1.807) is 0 Å². The largest absolute Gasteiger partial charge is 0.356 e. The number of rotatable bonds is 3. The number of hydrogen-bond donors (Lipinski definition) is 1. The van der Waals surface area contributed by atoms with Gasteiger partial charge < -0.3 is 10.2 Å². The molecule has 0 saturated heterocycles. The molecule has 0 bridgehead atoms. The summed E-state index contributed by atoms with van der Waals surface area (Å²) in [7, 11) is 2.13. The van der Waals surface area contributed by atoms with Crippen molar-refractivity contribution in [1.82, 2.24) is 10.2 Å². The van der Waals surface area contributed by atoms with Crippen molar-refractivity contribution in [2.75, 3.05) is 26.7 Å². The molecule has 4 heteroatoms. The predicted molar refractivity (Wildman–Crippen MR) is 77.4 cm³/mol. The summed E-state index contributed by atoms with van der Waals surface area (Å²) < 4.78 is 0. The number of nitrogens with one attached hydrogen (secondary N) is 1. The third-order valence-corrected chi connectivity index (χ3v) is 4.45. The smallest absolute Gasteiger partial charge is 0.193 e.